The number of hydrogen-bond donors (Lipinski definition) is 1. The number of fused-ring (bicyclic) bond motifs is 1. The molecule has 29 heavy (non-hydrogen) atoms. The van der Waals surface area contributed by atoms with Gasteiger partial charge in [0, 0.05) is 23.2 Å². The van der Waals surface area contributed by atoms with Gasteiger partial charge in [-0.1, -0.05) is 36.4 Å². The van der Waals surface area contributed by atoms with Crippen LogP contribution in [0.3, 0.4) is 0 Å². The molecular formula is C22H21N5O2. The fourth-order valence-electron chi connectivity index (χ4n) is 3.37. The standard InChI is InChI=1S/C22H21N5O2/c1-15-20(16(2)27(25-15)18-9-4-3-5-10-18)13-23-21(28)14-26-22(29)19-11-7-6-8-17(19)12-24-26/h3-12H,13-14H2,1-2H3,(H,23,28). The van der Waals surface area contributed by atoms with Gasteiger partial charge < -0.3 is 5.32 Å². The van der Waals surface area contributed by atoms with E-state index in [2.05, 4.69) is 15.5 Å². The van der Waals surface area contributed by atoms with Crippen LogP contribution >= 0.6 is 0 Å². The first-order valence-corrected chi connectivity index (χ1v) is 9.36. The van der Waals surface area contributed by atoms with Crippen molar-refractivity contribution >= 4 is 16.7 Å². The third-order valence-corrected chi connectivity index (χ3v) is 4.96. The summed E-state index contributed by atoms with van der Waals surface area (Å²) in [6, 6.07) is 17.1. The number of nitrogens with zero attached hydrogens (tertiary/aromatic N) is 4. The van der Waals surface area contributed by atoms with Gasteiger partial charge in [0.25, 0.3) is 5.56 Å². The quantitative estimate of drug-likeness (QED) is 0.570. The molecule has 0 aliphatic heterocycles. The minimum atomic E-state index is -0.277. The first-order chi connectivity index (χ1) is 14.0. The van der Waals surface area contributed by atoms with E-state index >= 15 is 0 Å². The van der Waals surface area contributed by atoms with E-state index in [1.54, 1.807) is 18.3 Å². The summed E-state index contributed by atoms with van der Waals surface area (Å²) in [5.74, 6) is -0.277. The normalized spacial score (nSPS) is 11.0. The number of amides is 1. The Balaban J connectivity index is 1.49. The number of aromatic nitrogens is 4. The second kappa shape index (κ2) is 7.71. The van der Waals surface area contributed by atoms with Crippen LogP contribution in [0.5, 0.6) is 0 Å². The molecule has 0 saturated heterocycles. The van der Waals surface area contributed by atoms with Gasteiger partial charge in [-0.05, 0) is 32.0 Å². The molecule has 2 aromatic heterocycles. The number of benzene rings is 2. The van der Waals surface area contributed by atoms with Gasteiger partial charge >= 0.3 is 0 Å². The highest BCUT2D eigenvalue weighted by Gasteiger charge is 2.14. The number of nitrogens with one attached hydrogen (secondary N) is 1. The van der Waals surface area contributed by atoms with Crippen molar-refractivity contribution in [3.05, 3.63) is 88.1 Å². The molecule has 0 saturated carbocycles. The summed E-state index contributed by atoms with van der Waals surface area (Å²) in [7, 11) is 0. The smallest absolute Gasteiger partial charge is 0.275 e. The fraction of sp³-hybridized carbons (Fsp3) is 0.182. The summed E-state index contributed by atoms with van der Waals surface area (Å²) in [6.45, 7) is 4.10. The van der Waals surface area contributed by atoms with Gasteiger partial charge in [0.15, 0.2) is 0 Å². The Morgan fingerprint density at radius 3 is 2.55 bits per heavy atom. The van der Waals surface area contributed by atoms with Crippen LogP contribution in [0.15, 0.2) is 65.6 Å². The van der Waals surface area contributed by atoms with Gasteiger partial charge in [0.2, 0.25) is 5.91 Å². The highest BCUT2D eigenvalue weighted by Crippen LogP contribution is 2.17. The summed E-state index contributed by atoms with van der Waals surface area (Å²) in [5.41, 5.74) is 3.48. The predicted molar refractivity (Wildman–Crippen MR) is 111 cm³/mol. The van der Waals surface area contributed by atoms with Crippen molar-refractivity contribution in [1.82, 2.24) is 24.9 Å². The molecule has 4 rings (SSSR count). The van der Waals surface area contributed by atoms with E-state index in [0.29, 0.717) is 11.9 Å². The highest BCUT2D eigenvalue weighted by atomic mass is 16.2. The lowest BCUT2D eigenvalue weighted by atomic mass is 10.2. The number of hydrogen-bond acceptors (Lipinski definition) is 4. The van der Waals surface area contributed by atoms with Crippen LogP contribution in [-0.4, -0.2) is 25.5 Å². The summed E-state index contributed by atoms with van der Waals surface area (Å²) in [5, 5.41) is 12.9. The van der Waals surface area contributed by atoms with Gasteiger partial charge in [0.05, 0.1) is 23.0 Å². The van der Waals surface area contributed by atoms with Crippen molar-refractivity contribution in [3.63, 3.8) is 0 Å². The van der Waals surface area contributed by atoms with E-state index in [1.807, 2.05) is 61.0 Å². The van der Waals surface area contributed by atoms with Crippen molar-refractivity contribution in [2.24, 2.45) is 0 Å². The Morgan fingerprint density at radius 1 is 1.03 bits per heavy atom. The van der Waals surface area contributed by atoms with E-state index in [1.165, 1.54) is 4.68 Å². The number of carbonyl (C=O) groups is 1. The van der Waals surface area contributed by atoms with Crippen molar-refractivity contribution in [2.75, 3.05) is 0 Å². The zero-order valence-electron chi connectivity index (χ0n) is 16.3. The van der Waals surface area contributed by atoms with Gasteiger partial charge in [-0.3, -0.25) is 9.59 Å². The van der Waals surface area contributed by atoms with E-state index in [0.717, 1.165) is 28.0 Å². The maximum atomic E-state index is 12.5. The van der Waals surface area contributed by atoms with Gasteiger partial charge in [-0.25, -0.2) is 9.36 Å². The zero-order chi connectivity index (χ0) is 20.4. The predicted octanol–water partition coefficient (Wildman–Crippen LogP) is 2.52. The average molecular weight is 387 g/mol. The van der Waals surface area contributed by atoms with Crippen LogP contribution < -0.4 is 10.9 Å². The molecule has 0 aliphatic rings. The van der Waals surface area contributed by atoms with Gasteiger partial charge in [-0.15, -0.1) is 0 Å². The third kappa shape index (κ3) is 3.67. The van der Waals surface area contributed by atoms with Gasteiger partial charge in [0.1, 0.15) is 6.54 Å². The molecule has 0 spiro atoms. The Morgan fingerprint density at radius 2 is 1.76 bits per heavy atom. The lowest BCUT2D eigenvalue weighted by Gasteiger charge is -2.08. The van der Waals surface area contributed by atoms with Crippen molar-refractivity contribution in [3.8, 4) is 5.69 Å². The molecule has 146 valence electrons. The second-order valence-corrected chi connectivity index (χ2v) is 6.87. The molecule has 0 radical (unpaired) electrons. The van der Waals surface area contributed by atoms with E-state index < -0.39 is 0 Å². The van der Waals surface area contributed by atoms with Crippen LogP contribution in [0, 0.1) is 13.8 Å². The van der Waals surface area contributed by atoms with E-state index in [-0.39, 0.29) is 18.0 Å². The minimum Gasteiger partial charge on any atom is -0.350 e. The molecule has 1 amide bonds. The number of carbonyl (C=O) groups excluding carboxylic acids is 1. The Labute approximate surface area is 167 Å². The Hall–Kier alpha value is -3.74. The van der Waals surface area contributed by atoms with Crippen LogP contribution in [-0.2, 0) is 17.9 Å². The SMILES string of the molecule is Cc1nn(-c2ccccc2)c(C)c1CNC(=O)Cn1ncc2ccccc2c1=O. The molecule has 7 heteroatoms. The fourth-order valence-corrected chi connectivity index (χ4v) is 3.37. The van der Waals surface area contributed by atoms with Crippen molar-refractivity contribution in [1.29, 1.82) is 0 Å². The van der Waals surface area contributed by atoms with E-state index in [9.17, 15) is 9.59 Å². The lowest BCUT2D eigenvalue weighted by molar-refractivity contribution is -0.122. The summed E-state index contributed by atoms with van der Waals surface area (Å²) in [4.78, 5) is 24.9. The maximum absolute atomic E-state index is 12.5. The molecule has 0 atom stereocenters. The first kappa shape index (κ1) is 18.6. The Bertz CT molecular complexity index is 1240. The van der Waals surface area contributed by atoms with Crippen LogP contribution in [0.1, 0.15) is 17.0 Å². The number of aryl methyl sites for hydroxylation is 1. The number of para-hydroxylation sites is 1. The zero-order valence-corrected chi connectivity index (χ0v) is 16.3. The highest BCUT2D eigenvalue weighted by molar-refractivity contribution is 5.81. The largest absolute Gasteiger partial charge is 0.350 e. The molecule has 0 fully saturated rings. The van der Waals surface area contributed by atoms with Crippen LogP contribution in [0.4, 0.5) is 0 Å². The van der Waals surface area contributed by atoms with Gasteiger partial charge in [-0.2, -0.15) is 10.2 Å². The molecule has 2 heterocycles. The third-order valence-electron chi connectivity index (χ3n) is 4.96. The molecule has 0 unspecified atom stereocenters. The molecule has 7 nitrogen and oxygen atoms in total. The molecule has 1 N–H and O–H groups in total. The van der Waals surface area contributed by atoms with Crippen molar-refractivity contribution < 1.29 is 4.79 Å². The summed E-state index contributed by atoms with van der Waals surface area (Å²) in [6.07, 6.45) is 1.60. The summed E-state index contributed by atoms with van der Waals surface area (Å²) >= 11 is 0. The molecule has 4 aromatic rings. The lowest BCUT2D eigenvalue weighted by Crippen LogP contribution is -2.33. The van der Waals surface area contributed by atoms with Crippen molar-refractivity contribution in [2.45, 2.75) is 26.9 Å². The average Bonchev–Trinajstić information content (AvgIpc) is 3.03. The summed E-state index contributed by atoms with van der Waals surface area (Å²) < 4.78 is 3.05. The molecular weight excluding hydrogens is 366 g/mol. The number of rotatable bonds is 5. The maximum Gasteiger partial charge on any atom is 0.275 e. The van der Waals surface area contributed by atoms with Crippen LogP contribution in [0.2, 0.25) is 0 Å². The second-order valence-electron chi connectivity index (χ2n) is 6.87. The minimum absolute atomic E-state index is 0.130. The molecule has 2 aromatic carbocycles. The molecule has 0 bridgehead atoms. The first-order valence-electron chi connectivity index (χ1n) is 9.36. The topological polar surface area (TPSA) is 81.8 Å². The monoisotopic (exact) mass is 387 g/mol. The molecule has 0 aliphatic carbocycles. The Kier molecular flexibility index (Phi) is 4.95. The van der Waals surface area contributed by atoms with Crippen LogP contribution in [0.25, 0.3) is 16.5 Å². The van der Waals surface area contributed by atoms with E-state index in [4.69, 9.17) is 0 Å².